The molecule has 0 amide bonds. The van der Waals surface area contributed by atoms with Gasteiger partial charge in [0, 0.05) is 31.5 Å². The van der Waals surface area contributed by atoms with Crippen LogP contribution in [-0.4, -0.2) is 49.2 Å². The van der Waals surface area contributed by atoms with Gasteiger partial charge in [0.15, 0.2) is 0 Å². The van der Waals surface area contributed by atoms with Crippen molar-refractivity contribution >= 4 is 22.8 Å². The first-order valence-electron chi connectivity index (χ1n) is 9.90. The van der Waals surface area contributed by atoms with E-state index in [4.69, 9.17) is 4.99 Å². The highest BCUT2D eigenvalue weighted by atomic mass is 15.5. The van der Waals surface area contributed by atoms with Crippen molar-refractivity contribution in [3.8, 4) is 11.5 Å². The monoisotopic (exact) mass is 390 g/mol. The Morgan fingerprint density at radius 3 is 2.34 bits per heavy atom. The number of benzene rings is 1. The van der Waals surface area contributed by atoms with Gasteiger partial charge in [-0.25, -0.2) is 4.99 Å². The fraction of sp³-hybridized carbons (Fsp3) is 0.381. The Morgan fingerprint density at radius 1 is 1.00 bits per heavy atom. The van der Waals surface area contributed by atoms with Gasteiger partial charge in [-0.1, -0.05) is 0 Å². The zero-order valence-electron chi connectivity index (χ0n) is 17.8. The van der Waals surface area contributed by atoms with E-state index < -0.39 is 0 Å². The van der Waals surface area contributed by atoms with E-state index in [1.807, 2.05) is 31.6 Å². The molecule has 1 aliphatic heterocycles. The lowest BCUT2D eigenvalue weighted by atomic mass is 10.1. The zero-order valence-corrected chi connectivity index (χ0v) is 17.8. The van der Waals surface area contributed by atoms with Gasteiger partial charge in [-0.05, 0) is 64.4 Å². The van der Waals surface area contributed by atoms with Crippen LogP contribution in [-0.2, 0) is 7.05 Å². The fourth-order valence-electron chi connectivity index (χ4n) is 3.51. The SMILES string of the molecule is CCN(CC)c1ccc(N=C2C(C)=Nn3c2nnc3-c2cc(C)n(C)n2)c(C)c1. The molecule has 8 heteroatoms. The summed E-state index contributed by atoms with van der Waals surface area (Å²) >= 11 is 0. The average Bonchev–Trinajstić information content (AvgIpc) is 3.33. The molecule has 0 saturated heterocycles. The average molecular weight is 390 g/mol. The topological polar surface area (TPSA) is 76.5 Å². The van der Waals surface area contributed by atoms with Gasteiger partial charge in [0.2, 0.25) is 11.6 Å². The molecule has 0 radical (unpaired) electrons. The van der Waals surface area contributed by atoms with Crippen LogP contribution >= 0.6 is 0 Å². The predicted octanol–water partition coefficient (Wildman–Crippen LogP) is 3.50. The van der Waals surface area contributed by atoms with Crippen LogP contribution in [0.3, 0.4) is 0 Å². The van der Waals surface area contributed by atoms with Gasteiger partial charge in [0.05, 0.1) is 11.4 Å². The van der Waals surface area contributed by atoms with Crippen molar-refractivity contribution in [3.63, 3.8) is 0 Å². The summed E-state index contributed by atoms with van der Waals surface area (Å²) in [5.41, 5.74) is 6.61. The van der Waals surface area contributed by atoms with Gasteiger partial charge >= 0.3 is 0 Å². The first kappa shape index (κ1) is 19.0. The largest absolute Gasteiger partial charge is 0.372 e. The zero-order chi connectivity index (χ0) is 20.7. The summed E-state index contributed by atoms with van der Waals surface area (Å²) in [4.78, 5) is 7.20. The minimum absolute atomic E-state index is 0.627. The molecule has 0 aliphatic carbocycles. The quantitative estimate of drug-likeness (QED) is 0.668. The highest BCUT2D eigenvalue weighted by Crippen LogP contribution is 2.28. The molecule has 3 heterocycles. The van der Waals surface area contributed by atoms with Crippen LogP contribution in [0, 0.1) is 13.8 Å². The Balaban J connectivity index is 1.72. The standard InChI is InChI=1S/C21H26N8/c1-7-28(8-2)16-9-10-17(13(3)11-16)22-19-15(5)25-29-20(23-24-21(19)29)18-12-14(4)27(6)26-18/h9-12H,7-8H2,1-6H3. The van der Waals surface area contributed by atoms with Crippen molar-refractivity contribution in [1.29, 1.82) is 0 Å². The van der Waals surface area contributed by atoms with E-state index in [0.717, 1.165) is 47.2 Å². The molecule has 150 valence electrons. The molecule has 0 atom stereocenters. The number of aromatic nitrogens is 5. The van der Waals surface area contributed by atoms with Crippen LogP contribution in [0.2, 0.25) is 0 Å². The van der Waals surface area contributed by atoms with Gasteiger partial charge in [0.25, 0.3) is 0 Å². The van der Waals surface area contributed by atoms with E-state index in [1.165, 1.54) is 5.69 Å². The van der Waals surface area contributed by atoms with Gasteiger partial charge in [0.1, 0.15) is 11.4 Å². The fourth-order valence-corrected chi connectivity index (χ4v) is 3.51. The molecule has 1 aromatic carbocycles. The Bertz CT molecular complexity index is 1110. The number of nitrogens with zero attached hydrogens (tertiary/aromatic N) is 8. The van der Waals surface area contributed by atoms with Crippen molar-refractivity contribution < 1.29 is 0 Å². The lowest BCUT2D eigenvalue weighted by Crippen LogP contribution is -2.21. The van der Waals surface area contributed by atoms with E-state index >= 15 is 0 Å². The summed E-state index contributed by atoms with van der Waals surface area (Å²) in [7, 11) is 1.91. The second-order valence-electron chi connectivity index (χ2n) is 7.24. The van der Waals surface area contributed by atoms with Crippen molar-refractivity contribution in [2.75, 3.05) is 18.0 Å². The van der Waals surface area contributed by atoms with Gasteiger partial charge in [-0.2, -0.15) is 14.9 Å². The summed E-state index contributed by atoms with van der Waals surface area (Å²) in [5, 5.41) is 17.8. The molecule has 1 aliphatic rings. The van der Waals surface area contributed by atoms with Crippen LogP contribution in [0.15, 0.2) is 34.4 Å². The van der Waals surface area contributed by atoms with Gasteiger partial charge in [-0.15, -0.1) is 10.2 Å². The van der Waals surface area contributed by atoms with Crippen molar-refractivity contribution in [3.05, 3.63) is 41.3 Å². The first-order chi connectivity index (χ1) is 13.9. The van der Waals surface area contributed by atoms with Crippen molar-refractivity contribution in [2.45, 2.75) is 34.6 Å². The third-order valence-corrected chi connectivity index (χ3v) is 5.33. The Morgan fingerprint density at radius 2 is 1.72 bits per heavy atom. The summed E-state index contributed by atoms with van der Waals surface area (Å²) in [5.74, 6) is 1.27. The maximum Gasteiger partial charge on any atom is 0.205 e. The molecule has 0 unspecified atom stereocenters. The van der Waals surface area contributed by atoms with Crippen LogP contribution in [0.1, 0.15) is 37.9 Å². The second kappa shape index (κ2) is 7.27. The van der Waals surface area contributed by atoms with E-state index in [9.17, 15) is 0 Å². The first-order valence-corrected chi connectivity index (χ1v) is 9.90. The summed E-state index contributed by atoms with van der Waals surface area (Å²) in [6.07, 6.45) is 0. The molecular weight excluding hydrogens is 364 g/mol. The highest BCUT2D eigenvalue weighted by molar-refractivity contribution is 6.48. The number of aryl methyl sites for hydroxylation is 3. The smallest absolute Gasteiger partial charge is 0.205 e. The lowest BCUT2D eigenvalue weighted by Gasteiger charge is -2.21. The van der Waals surface area contributed by atoms with Crippen LogP contribution in [0.5, 0.6) is 0 Å². The van der Waals surface area contributed by atoms with Crippen molar-refractivity contribution in [1.82, 2.24) is 24.7 Å². The van der Waals surface area contributed by atoms with E-state index in [1.54, 1.807) is 4.68 Å². The molecule has 0 N–H and O–H groups in total. The molecule has 8 nitrogen and oxygen atoms in total. The normalized spacial score (nSPS) is 14.4. The van der Waals surface area contributed by atoms with Gasteiger partial charge < -0.3 is 4.90 Å². The third kappa shape index (κ3) is 3.24. The van der Waals surface area contributed by atoms with E-state index in [-0.39, 0.29) is 0 Å². The molecule has 0 spiro atoms. The maximum absolute atomic E-state index is 4.88. The number of anilines is 1. The number of rotatable bonds is 5. The molecule has 29 heavy (non-hydrogen) atoms. The third-order valence-electron chi connectivity index (χ3n) is 5.33. The number of fused-ring (bicyclic) bond motifs is 1. The van der Waals surface area contributed by atoms with E-state index in [0.29, 0.717) is 11.6 Å². The number of hydrogen-bond acceptors (Lipinski definition) is 6. The predicted molar refractivity (Wildman–Crippen MR) is 116 cm³/mol. The minimum atomic E-state index is 0.627. The molecule has 0 saturated carbocycles. The Hall–Kier alpha value is -3.29. The maximum atomic E-state index is 4.88. The summed E-state index contributed by atoms with van der Waals surface area (Å²) < 4.78 is 3.55. The summed E-state index contributed by atoms with van der Waals surface area (Å²) in [6, 6.07) is 8.34. The van der Waals surface area contributed by atoms with Crippen LogP contribution in [0.4, 0.5) is 11.4 Å². The lowest BCUT2D eigenvalue weighted by molar-refractivity contribution is 0.738. The molecule has 0 bridgehead atoms. The number of hydrogen-bond donors (Lipinski definition) is 0. The molecule has 0 fully saturated rings. The second-order valence-corrected chi connectivity index (χ2v) is 7.24. The molecule has 3 aromatic rings. The Kier molecular flexibility index (Phi) is 4.77. The molecule has 4 rings (SSSR count). The van der Waals surface area contributed by atoms with Gasteiger partial charge in [-0.3, -0.25) is 4.68 Å². The van der Waals surface area contributed by atoms with E-state index in [2.05, 4.69) is 64.3 Å². The molecule has 2 aromatic heterocycles. The Labute approximate surface area is 170 Å². The summed E-state index contributed by atoms with van der Waals surface area (Å²) in [6.45, 7) is 12.3. The van der Waals surface area contributed by atoms with Crippen molar-refractivity contribution in [2.24, 2.45) is 17.1 Å². The van der Waals surface area contributed by atoms with Crippen LogP contribution < -0.4 is 4.90 Å². The highest BCUT2D eigenvalue weighted by Gasteiger charge is 2.27. The number of aliphatic imine (C=N–C) groups is 1. The minimum Gasteiger partial charge on any atom is -0.372 e. The molecular formula is C21H26N8. The van der Waals surface area contributed by atoms with Crippen LogP contribution in [0.25, 0.3) is 11.5 Å².